The van der Waals surface area contributed by atoms with E-state index >= 15 is 0 Å². The average molecular weight is 318 g/mol. The van der Waals surface area contributed by atoms with Crippen LogP contribution in [0.4, 0.5) is 0 Å². The van der Waals surface area contributed by atoms with Crippen molar-refractivity contribution in [3.63, 3.8) is 0 Å². The highest BCUT2D eigenvalue weighted by molar-refractivity contribution is 6.08. The van der Waals surface area contributed by atoms with Gasteiger partial charge in [-0.1, -0.05) is 39.3 Å². The van der Waals surface area contributed by atoms with Crippen molar-refractivity contribution in [2.45, 2.75) is 53.1 Å². The van der Waals surface area contributed by atoms with Crippen molar-refractivity contribution in [3.05, 3.63) is 11.6 Å². The van der Waals surface area contributed by atoms with Gasteiger partial charge in [0.25, 0.3) is 0 Å². The second-order valence-corrected chi connectivity index (χ2v) is 8.67. The van der Waals surface area contributed by atoms with Crippen molar-refractivity contribution in [3.8, 4) is 0 Å². The molecule has 0 aromatic rings. The first-order valence-corrected chi connectivity index (χ1v) is 8.73. The topological polar surface area (TPSA) is 52.6 Å². The van der Waals surface area contributed by atoms with Gasteiger partial charge in [0.05, 0.1) is 7.11 Å². The minimum absolute atomic E-state index is 0.0453. The molecule has 2 saturated carbocycles. The molecule has 126 valence electrons. The van der Waals surface area contributed by atoms with Gasteiger partial charge in [-0.05, 0) is 36.0 Å². The maximum Gasteiger partial charge on any atom is 0.324 e. The van der Waals surface area contributed by atoms with Gasteiger partial charge in [-0.3, -0.25) is 9.59 Å². The molecule has 4 nitrogen and oxygen atoms in total. The van der Waals surface area contributed by atoms with Crippen LogP contribution in [0, 0.1) is 34.0 Å². The quantitative estimate of drug-likeness (QED) is 0.446. The molecule has 4 heteroatoms. The van der Waals surface area contributed by atoms with E-state index in [2.05, 4.69) is 33.8 Å². The van der Waals surface area contributed by atoms with Gasteiger partial charge in [-0.25, -0.2) is 0 Å². The molecular formula is C19H26O4. The molecule has 4 aliphatic rings. The number of ether oxygens (including phenoxy) is 2. The van der Waals surface area contributed by atoms with Crippen LogP contribution >= 0.6 is 0 Å². The second-order valence-electron chi connectivity index (χ2n) is 8.67. The summed E-state index contributed by atoms with van der Waals surface area (Å²) in [6.07, 6.45) is 4.94. The van der Waals surface area contributed by atoms with Gasteiger partial charge in [-0.2, -0.15) is 0 Å². The Hall–Kier alpha value is -1.32. The fourth-order valence-electron chi connectivity index (χ4n) is 6.38. The highest BCUT2D eigenvalue weighted by Crippen LogP contribution is 2.81. The molecule has 0 bridgehead atoms. The van der Waals surface area contributed by atoms with Gasteiger partial charge in [0, 0.05) is 11.8 Å². The largest absolute Gasteiger partial charge is 0.468 e. The number of esters is 2. The van der Waals surface area contributed by atoms with E-state index in [0.717, 1.165) is 19.3 Å². The minimum Gasteiger partial charge on any atom is -0.468 e. The maximum absolute atomic E-state index is 12.6. The summed E-state index contributed by atoms with van der Waals surface area (Å²) in [5.41, 5.74) is 0.0550. The highest BCUT2D eigenvalue weighted by Gasteiger charge is 2.91. The van der Waals surface area contributed by atoms with Crippen molar-refractivity contribution in [1.82, 2.24) is 0 Å². The molecule has 23 heavy (non-hydrogen) atoms. The monoisotopic (exact) mass is 318 g/mol. The van der Waals surface area contributed by atoms with Crippen LogP contribution in [0.1, 0.15) is 47.0 Å². The number of methoxy groups -OCH3 is 1. The number of carbonyl (C=O) groups excluding carboxylic acids is 2. The molecule has 0 aromatic heterocycles. The molecule has 0 N–H and O–H groups in total. The summed E-state index contributed by atoms with van der Waals surface area (Å²) in [6, 6.07) is 0. The van der Waals surface area contributed by atoms with E-state index in [-0.39, 0.29) is 23.4 Å². The predicted molar refractivity (Wildman–Crippen MR) is 84.3 cm³/mol. The smallest absolute Gasteiger partial charge is 0.324 e. The molecule has 0 amide bonds. The van der Waals surface area contributed by atoms with Crippen molar-refractivity contribution in [1.29, 1.82) is 0 Å². The number of hydrogen-bond acceptors (Lipinski definition) is 4. The number of allylic oxidation sites excluding steroid dienone is 1. The lowest BCUT2D eigenvalue weighted by atomic mass is 9.66. The van der Waals surface area contributed by atoms with Crippen LogP contribution in [0.25, 0.3) is 0 Å². The van der Waals surface area contributed by atoms with E-state index in [0.29, 0.717) is 11.8 Å². The van der Waals surface area contributed by atoms with Crippen LogP contribution in [0.5, 0.6) is 0 Å². The van der Waals surface area contributed by atoms with Crippen molar-refractivity contribution in [2.24, 2.45) is 34.0 Å². The van der Waals surface area contributed by atoms with Crippen LogP contribution in [-0.4, -0.2) is 25.2 Å². The number of rotatable bonds is 2. The summed E-state index contributed by atoms with van der Waals surface area (Å²) in [7, 11) is 1.37. The zero-order valence-corrected chi connectivity index (χ0v) is 14.6. The molecule has 4 rings (SSSR count). The Labute approximate surface area is 137 Å². The highest BCUT2D eigenvalue weighted by atomic mass is 16.6. The minimum atomic E-state index is -1.05. The van der Waals surface area contributed by atoms with Crippen LogP contribution in [0.15, 0.2) is 11.6 Å². The van der Waals surface area contributed by atoms with Crippen LogP contribution in [-0.2, 0) is 19.1 Å². The van der Waals surface area contributed by atoms with Crippen molar-refractivity contribution in [2.75, 3.05) is 7.11 Å². The van der Waals surface area contributed by atoms with Gasteiger partial charge in [0.2, 0.25) is 0 Å². The fraction of sp³-hybridized carbons (Fsp3) is 0.789. The third kappa shape index (κ3) is 1.40. The van der Waals surface area contributed by atoms with Gasteiger partial charge in [0.15, 0.2) is 5.41 Å². The molecule has 0 spiro atoms. The number of fused-ring (bicyclic) bond motifs is 2. The van der Waals surface area contributed by atoms with Crippen LogP contribution in [0.2, 0.25) is 0 Å². The lowest BCUT2D eigenvalue weighted by Crippen LogP contribution is -2.33. The zero-order chi connectivity index (χ0) is 16.8. The van der Waals surface area contributed by atoms with E-state index in [4.69, 9.17) is 9.47 Å². The third-order valence-corrected chi connectivity index (χ3v) is 7.77. The summed E-state index contributed by atoms with van der Waals surface area (Å²) in [4.78, 5) is 25.1. The maximum atomic E-state index is 12.6. The normalized spacial score (nSPS) is 49.9. The molecule has 0 radical (unpaired) electrons. The molecule has 1 saturated heterocycles. The molecule has 3 aliphatic carbocycles. The van der Waals surface area contributed by atoms with Gasteiger partial charge >= 0.3 is 11.9 Å². The molecule has 3 fully saturated rings. The second kappa shape index (κ2) is 4.20. The summed E-state index contributed by atoms with van der Waals surface area (Å²) in [6.45, 7) is 8.93. The summed E-state index contributed by atoms with van der Waals surface area (Å²) >= 11 is 0. The molecule has 6 atom stereocenters. The Kier molecular flexibility index (Phi) is 2.78. The van der Waals surface area contributed by atoms with E-state index in [1.807, 2.05) is 0 Å². The predicted octanol–water partition coefficient (Wildman–Crippen LogP) is 3.11. The van der Waals surface area contributed by atoms with Crippen molar-refractivity contribution >= 4 is 11.9 Å². The number of carbonyl (C=O) groups is 2. The van der Waals surface area contributed by atoms with Gasteiger partial charge in [0.1, 0.15) is 6.10 Å². The molecule has 1 aliphatic heterocycles. The first kappa shape index (κ1) is 15.2. The van der Waals surface area contributed by atoms with E-state index in [1.54, 1.807) is 0 Å². The Morgan fingerprint density at radius 3 is 2.70 bits per heavy atom. The van der Waals surface area contributed by atoms with Crippen LogP contribution < -0.4 is 0 Å². The van der Waals surface area contributed by atoms with E-state index in [1.165, 1.54) is 12.7 Å². The first-order valence-electron chi connectivity index (χ1n) is 8.73. The SMILES string of the molecule is COC(=O)C12C(=O)O[C@@H]3CC4=CC[C@H](C(C)C)[C@@]4(C)C[C@H]1[C@@]32C. The van der Waals surface area contributed by atoms with E-state index < -0.39 is 16.8 Å². The average Bonchev–Trinajstić information content (AvgIpc) is 2.76. The summed E-state index contributed by atoms with van der Waals surface area (Å²) in [5.74, 6) is 0.452. The third-order valence-electron chi connectivity index (χ3n) is 7.77. The van der Waals surface area contributed by atoms with Crippen LogP contribution in [0.3, 0.4) is 0 Å². The first-order chi connectivity index (χ1) is 10.7. The fourth-order valence-corrected chi connectivity index (χ4v) is 6.38. The van der Waals surface area contributed by atoms with E-state index in [9.17, 15) is 9.59 Å². The molecule has 1 heterocycles. The van der Waals surface area contributed by atoms with Gasteiger partial charge in [-0.15, -0.1) is 0 Å². The lowest BCUT2D eigenvalue weighted by Gasteiger charge is -2.37. The molecule has 1 unspecified atom stereocenters. The van der Waals surface area contributed by atoms with Gasteiger partial charge < -0.3 is 9.47 Å². The summed E-state index contributed by atoms with van der Waals surface area (Å²) in [5, 5.41) is 0. The Morgan fingerprint density at radius 2 is 2.09 bits per heavy atom. The van der Waals surface area contributed by atoms with Crippen molar-refractivity contribution < 1.29 is 19.1 Å². The summed E-state index contributed by atoms with van der Waals surface area (Å²) < 4.78 is 10.7. The molecular weight excluding hydrogens is 292 g/mol. The molecule has 0 aromatic carbocycles. The Morgan fingerprint density at radius 1 is 1.39 bits per heavy atom. The zero-order valence-electron chi connectivity index (χ0n) is 14.6. The Balaban J connectivity index is 1.80. The number of hydrogen-bond donors (Lipinski definition) is 0. The standard InChI is InChI=1S/C19H26O4/c1-10(2)12-7-6-11-8-14-18(4)13(9-17(11,12)3)19(18,15(20)22-5)16(21)23-14/h6,10,12-14H,7-9H2,1-5H3/t12-,13+,14-,17+,18+,19?/m1/s1. The Bertz CT molecular complexity index is 635. The lowest BCUT2D eigenvalue weighted by molar-refractivity contribution is -0.161.